The standard InChI is InChI=1S/C12H20N2O5/c1-8-4-3-5-14(9(8)2)12(18)13-10(15)6-19-7-11(16)17/h8-9H,3-7H2,1-2H3,(H,16,17)(H,13,15,18). The number of carbonyl (C=O) groups excluding carboxylic acids is 2. The van der Waals surface area contributed by atoms with E-state index in [0.717, 1.165) is 12.8 Å². The number of amides is 3. The number of piperidine rings is 1. The Morgan fingerprint density at radius 1 is 1.32 bits per heavy atom. The molecule has 1 rings (SSSR count). The van der Waals surface area contributed by atoms with Gasteiger partial charge in [-0.2, -0.15) is 0 Å². The minimum absolute atomic E-state index is 0.0847. The Hall–Kier alpha value is -1.63. The highest BCUT2D eigenvalue weighted by Gasteiger charge is 2.29. The molecule has 3 amide bonds. The Morgan fingerprint density at radius 3 is 2.63 bits per heavy atom. The van der Waals surface area contributed by atoms with Gasteiger partial charge in [-0.15, -0.1) is 0 Å². The lowest BCUT2D eigenvalue weighted by atomic mass is 9.92. The number of urea groups is 1. The molecule has 2 unspecified atom stereocenters. The SMILES string of the molecule is CC1CCCN(C(=O)NC(=O)COCC(=O)O)C1C. The molecule has 1 fully saturated rings. The van der Waals surface area contributed by atoms with Gasteiger partial charge in [0.1, 0.15) is 13.2 Å². The van der Waals surface area contributed by atoms with Crippen LogP contribution in [0.4, 0.5) is 4.79 Å². The van der Waals surface area contributed by atoms with Gasteiger partial charge in [0.15, 0.2) is 0 Å². The third-order valence-corrected chi connectivity index (χ3v) is 3.34. The number of carbonyl (C=O) groups is 3. The summed E-state index contributed by atoms with van der Waals surface area (Å²) in [6.07, 6.45) is 1.99. The zero-order valence-corrected chi connectivity index (χ0v) is 11.2. The van der Waals surface area contributed by atoms with Crippen molar-refractivity contribution in [1.29, 1.82) is 0 Å². The Balaban J connectivity index is 2.37. The molecule has 0 radical (unpaired) electrons. The smallest absolute Gasteiger partial charge is 0.329 e. The summed E-state index contributed by atoms with van der Waals surface area (Å²) in [6, 6.07) is -0.357. The van der Waals surface area contributed by atoms with E-state index in [2.05, 4.69) is 17.0 Å². The number of aliphatic carboxylic acids is 1. The van der Waals surface area contributed by atoms with Gasteiger partial charge in [0.05, 0.1) is 0 Å². The molecule has 19 heavy (non-hydrogen) atoms. The number of carboxylic acids is 1. The Bertz CT molecular complexity index is 358. The van der Waals surface area contributed by atoms with Crippen molar-refractivity contribution in [2.45, 2.75) is 32.7 Å². The van der Waals surface area contributed by atoms with E-state index in [4.69, 9.17) is 5.11 Å². The van der Waals surface area contributed by atoms with Crippen LogP contribution in [0.2, 0.25) is 0 Å². The fraction of sp³-hybridized carbons (Fsp3) is 0.750. The zero-order chi connectivity index (χ0) is 14.4. The van der Waals surface area contributed by atoms with Gasteiger partial charge in [0.2, 0.25) is 0 Å². The predicted octanol–water partition coefficient (Wildman–Crippen LogP) is 0.444. The fourth-order valence-electron chi connectivity index (χ4n) is 2.08. The van der Waals surface area contributed by atoms with E-state index in [1.807, 2.05) is 6.92 Å². The van der Waals surface area contributed by atoms with Crippen LogP contribution in [-0.2, 0) is 14.3 Å². The van der Waals surface area contributed by atoms with E-state index in [1.165, 1.54) is 0 Å². The van der Waals surface area contributed by atoms with Crippen LogP contribution in [0.25, 0.3) is 0 Å². The van der Waals surface area contributed by atoms with E-state index in [0.29, 0.717) is 12.5 Å². The van der Waals surface area contributed by atoms with Gasteiger partial charge in [-0.25, -0.2) is 9.59 Å². The van der Waals surface area contributed by atoms with Gasteiger partial charge in [-0.05, 0) is 25.7 Å². The molecule has 2 atom stereocenters. The number of likely N-dealkylation sites (tertiary alicyclic amines) is 1. The van der Waals surface area contributed by atoms with Crippen LogP contribution in [0.3, 0.4) is 0 Å². The van der Waals surface area contributed by atoms with Crippen LogP contribution in [0, 0.1) is 5.92 Å². The second kappa shape index (κ2) is 7.08. The van der Waals surface area contributed by atoms with Crippen molar-refractivity contribution in [2.75, 3.05) is 19.8 Å². The van der Waals surface area contributed by atoms with Gasteiger partial charge < -0.3 is 14.7 Å². The number of imide groups is 1. The first-order valence-electron chi connectivity index (χ1n) is 6.31. The van der Waals surface area contributed by atoms with Gasteiger partial charge in [-0.3, -0.25) is 10.1 Å². The maximum absolute atomic E-state index is 11.9. The number of rotatable bonds is 4. The molecular formula is C12H20N2O5. The summed E-state index contributed by atoms with van der Waals surface area (Å²) in [5.74, 6) is -1.38. The summed E-state index contributed by atoms with van der Waals surface area (Å²) in [7, 11) is 0. The number of hydrogen-bond acceptors (Lipinski definition) is 4. The fourth-order valence-corrected chi connectivity index (χ4v) is 2.08. The van der Waals surface area contributed by atoms with Crippen molar-refractivity contribution in [1.82, 2.24) is 10.2 Å². The van der Waals surface area contributed by atoms with E-state index >= 15 is 0 Å². The van der Waals surface area contributed by atoms with Gasteiger partial charge in [-0.1, -0.05) is 6.92 Å². The molecule has 1 aliphatic heterocycles. The first-order chi connectivity index (χ1) is 8.91. The molecule has 7 heteroatoms. The van der Waals surface area contributed by atoms with Crippen LogP contribution in [0.1, 0.15) is 26.7 Å². The quantitative estimate of drug-likeness (QED) is 0.774. The molecule has 0 saturated carbocycles. The molecule has 0 spiro atoms. The number of nitrogens with zero attached hydrogens (tertiary/aromatic N) is 1. The lowest BCUT2D eigenvalue weighted by Gasteiger charge is -2.37. The largest absolute Gasteiger partial charge is 0.480 e. The normalized spacial score (nSPS) is 22.9. The van der Waals surface area contributed by atoms with Crippen LogP contribution in [-0.4, -0.2) is 53.7 Å². The van der Waals surface area contributed by atoms with Crippen molar-refractivity contribution in [3.63, 3.8) is 0 Å². The zero-order valence-electron chi connectivity index (χ0n) is 11.2. The Labute approximate surface area is 111 Å². The molecule has 108 valence electrons. The molecule has 0 aromatic rings. The third-order valence-electron chi connectivity index (χ3n) is 3.34. The van der Waals surface area contributed by atoms with E-state index in [-0.39, 0.29) is 6.04 Å². The maximum Gasteiger partial charge on any atom is 0.329 e. The van der Waals surface area contributed by atoms with Gasteiger partial charge in [0.25, 0.3) is 5.91 Å². The number of ether oxygens (including phenoxy) is 1. The average Bonchev–Trinajstić information content (AvgIpc) is 2.31. The average molecular weight is 272 g/mol. The predicted molar refractivity (Wildman–Crippen MR) is 66.6 cm³/mol. The van der Waals surface area contributed by atoms with Crippen molar-refractivity contribution >= 4 is 17.9 Å². The van der Waals surface area contributed by atoms with Crippen molar-refractivity contribution in [3.8, 4) is 0 Å². The first kappa shape index (κ1) is 15.4. The van der Waals surface area contributed by atoms with Crippen molar-refractivity contribution in [2.24, 2.45) is 5.92 Å². The topological polar surface area (TPSA) is 95.9 Å². The molecule has 0 aromatic heterocycles. The molecule has 7 nitrogen and oxygen atoms in total. The van der Waals surface area contributed by atoms with E-state index in [9.17, 15) is 14.4 Å². The van der Waals surface area contributed by atoms with Crippen molar-refractivity contribution in [3.05, 3.63) is 0 Å². The van der Waals surface area contributed by atoms with Crippen LogP contribution >= 0.6 is 0 Å². The highest BCUT2D eigenvalue weighted by molar-refractivity contribution is 5.95. The molecule has 0 aliphatic carbocycles. The second-order valence-corrected chi connectivity index (χ2v) is 4.79. The Kier molecular flexibility index (Phi) is 5.75. The molecule has 2 N–H and O–H groups in total. The highest BCUT2D eigenvalue weighted by atomic mass is 16.5. The van der Waals surface area contributed by atoms with Crippen LogP contribution in [0.5, 0.6) is 0 Å². The molecule has 0 aromatic carbocycles. The minimum Gasteiger partial charge on any atom is -0.480 e. The molecule has 1 heterocycles. The Morgan fingerprint density at radius 2 is 2.00 bits per heavy atom. The second-order valence-electron chi connectivity index (χ2n) is 4.79. The minimum atomic E-state index is -1.15. The molecule has 0 bridgehead atoms. The van der Waals surface area contributed by atoms with Gasteiger partial charge in [0, 0.05) is 12.6 Å². The van der Waals surface area contributed by atoms with Gasteiger partial charge >= 0.3 is 12.0 Å². The summed E-state index contributed by atoms with van der Waals surface area (Å²) in [5.41, 5.74) is 0. The number of carboxylic acid groups (broad SMARTS) is 1. The van der Waals surface area contributed by atoms with Crippen LogP contribution < -0.4 is 5.32 Å². The van der Waals surface area contributed by atoms with Crippen molar-refractivity contribution < 1.29 is 24.2 Å². The number of hydrogen-bond donors (Lipinski definition) is 2. The molecule has 1 saturated heterocycles. The summed E-state index contributed by atoms with van der Waals surface area (Å²) in [5, 5.41) is 10.5. The highest BCUT2D eigenvalue weighted by Crippen LogP contribution is 2.22. The van der Waals surface area contributed by atoms with E-state index < -0.39 is 31.1 Å². The summed E-state index contributed by atoms with van der Waals surface area (Å²) in [4.78, 5) is 35.1. The summed E-state index contributed by atoms with van der Waals surface area (Å²) < 4.78 is 4.61. The molecule has 1 aliphatic rings. The lowest BCUT2D eigenvalue weighted by Crippen LogP contribution is -2.52. The van der Waals surface area contributed by atoms with Crippen LogP contribution in [0.15, 0.2) is 0 Å². The lowest BCUT2D eigenvalue weighted by molar-refractivity contribution is -0.143. The maximum atomic E-state index is 11.9. The third kappa shape index (κ3) is 4.86. The van der Waals surface area contributed by atoms with E-state index in [1.54, 1.807) is 4.90 Å². The summed E-state index contributed by atoms with van der Waals surface area (Å²) >= 11 is 0. The molecular weight excluding hydrogens is 252 g/mol. The number of nitrogens with one attached hydrogen (secondary N) is 1. The summed E-state index contributed by atoms with van der Waals surface area (Å²) in [6.45, 7) is 3.66. The first-order valence-corrected chi connectivity index (χ1v) is 6.31. The monoisotopic (exact) mass is 272 g/mol.